The van der Waals surface area contributed by atoms with Gasteiger partial charge in [0.05, 0.1) is 0 Å². The van der Waals surface area contributed by atoms with Gasteiger partial charge in [0, 0.05) is 67.8 Å². The number of pyridine rings is 1. The van der Waals surface area contributed by atoms with E-state index < -0.39 is 28.1 Å². The topological polar surface area (TPSA) is 135 Å². The monoisotopic (exact) mass is 650 g/mol. The molecule has 1 aliphatic heterocycles. The molecule has 1 aromatic heterocycles. The van der Waals surface area contributed by atoms with Crippen molar-refractivity contribution in [2.45, 2.75) is 33.0 Å². The summed E-state index contributed by atoms with van der Waals surface area (Å²) in [5, 5.41) is 12.2. The number of hydrogen-bond acceptors (Lipinski definition) is 7. The van der Waals surface area contributed by atoms with Gasteiger partial charge in [-0.05, 0) is 74.1 Å². The lowest BCUT2D eigenvalue weighted by Crippen LogP contribution is -2.55. The Morgan fingerprint density at radius 3 is 2.30 bits per heavy atom. The third kappa shape index (κ3) is 9.34. The van der Waals surface area contributed by atoms with Gasteiger partial charge in [-0.2, -0.15) is 17.4 Å². The van der Waals surface area contributed by atoms with E-state index in [-0.39, 0.29) is 37.1 Å². The van der Waals surface area contributed by atoms with Gasteiger partial charge < -0.3 is 20.2 Å². The van der Waals surface area contributed by atoms with E-state index in [1.54, 1.807) is 38.1 Å². The Morgan fingerprint density at radius 2 is 1.67 bits per heavy atom. The van der Waals surface area contributed by atoms with Gasteiger partial charge in [0.1, 0.15) is 17.6 Å². The van der Waals surface area contributed by atoms with Gasteiger partial charge >= 0.3 is 5.97 Å². The molecule has 13 heteroatoms. The molecule has 11 nitrogen and oxygen atoms in total. The lowest BCUT2D eigenvalue weighted by molar-refractivity contribution is -0.140. The average Bonchev–Trinajstić information content (AvgIpc) is 3.03. The van der Waals surface area contributed by atoms with E-state index >= 15 is 0 Å². The van der Waals surface area contributed by atoms with E-state index in [9.17, 15) is 27.5 Å². The Morgan fingerprint density at radius 1 is 1.00 bits per heavy atom. The van der Waals surface area contributed by atoms with Crippen LogP contribution in [0.1, 0.15) is 46.6 Å². The van der Waals surface area contributed by atoms with Crippen molar-refractivity contribution >= 4 is 27.8 Å². The first-order chi connectivity index (χ1) is 21.8. The van der Waals surface area contributed by atoms with Crippen molar-refractivity contribution in [1.82, 2.24) is 24.2 Å². The fourth-order valence-corrected chi connectivity index (χ4v) is 6.39. The largest absolute Gasteiger partial charge is 0.480 e. The maximum atomic E-state index is 14.1. The van der Waals surface area contributed by atoms with Crippen LogP contribution in [0.3, 0.4) is 0 Å². The summed E-state index contributed by atoms with van der Waals surface area (Å²) in [4.78, 5) is 32.3. The normalized spacial score (nSPS) is 14.5. The van der Waals surface area contributed by atoms with Crippen LogP contribution >= 0.6 is 0 Å². The molecular weight excluding hydrogens is 611 g/mol. The summed E-state index contributed by atoms with van der Waals surface area (Å²) in [6.07, 6.45) is 1.52. The summed E-state index contributed by atoms with van der Waals surface area (Å²) >= 11 is 0. The number of anilines is 1. The number of hydrogen-bond donors (Lipinski definition) is 3. The van der Waals surface area contributed by atoms with Crippen molar-refractivity contribution in [3.8, 4) is 11.8 Å². The number of aliphatic carboxylic acids is 1. The third-order valence-electron chi connectivity index (χ3n) is 7.41. The molecular formula is C33H39FN6O5S. The zero-order valence-corrected chi connectivity index (χ0v) is 27.1. The molecule has 46 heavy (non-hydrogen) atoms. The number of halogens is 1. The lowest BCUT2D eigenvalue weighted by Gasteiger charge is -2.36. The molecule has 1 fully saturated rings. The zero-order valence-electron chi connectivity index (χ0n) is 26.3. The molecule has 2 heterocycles. The van der Waals surface area contributed by atoms with E-state index in [2.05, 4.69) is 31.8 Å². The summed E-state index contributed by atoms with van der Waals surface area (Å²) in [6.45, 7) is 5.34. The summed E-state index contributed by atoms with van der Waals surface area (Å²) in [5.41, 5.74) is 3.85. The quantitative estimate of drug-likeness (QED) is 0.270. The highest BCUT2D eigenvalue weighted by molar-refractivity contribution is 7.87. The minimum atomic E-state index is -3.94. The van der Waals surface area contributed by atoms with Crippen LogP contribution in [-0.4, -0.2) is 85.9 Å². The first kappa shape index (κ1) is 34.5. The van der Waals surface area contributed by atoms with Crippen molar-refractivity contribution in [1.29, 1.82) is 0 Å². The predicted octanol–water partition coefficient (Wildman–Crippen LogP) is 2.68. The van der Waals surface area contributed by atoms with Gasteiger partial charge in [0.25, 0.3) is 16.1 Å². The SMILES string of the molecule is CC(C)[C@@H](NS(=O)(=O)N1CCN(c2ccc(C#Cc3ccnc(C(=O)NCc4ccc(F)c(CN(C)C)c4)c3)cc2)CC1)C(=O)O. The second-order valence-corrected chi connectivity index (χ2v) is 13.3. The smallest absolute Gasteiger partial charge is 0.322 e. The van der Waals surface area contributed by atoms with Crippen molar-refractivity contribution in [2.75, 3.05) is 45.2 Å². The van der Waals surface area contributed by atoms with E-state index in [0.29, 0.717) is 30.8 Å². The number of aromatic nitrogens is 1. The number of rotatable bonds is 11. The summed E-state index contributed by atoms with van der Waals surface area (Å²) in [6, 6.07) is 14.5. The molecule has 3 N–H and O–H groups in total. The molecule has 0 saturated carbocycles. The third-order valence-corrected chi connectivity index (χ3v) is 9.01. The highest BCUT2D eigenvalue weighted by Crippen LogP contribution is 2.19. The van der Waals surface area contributed by atoms with Gasteiger partial charge in [0.15, 0.2) is 0 Å². The molecule has 4 rings (SSSR count). The minimum absolute atomic E-state index is 0.219. The molecule has 3 aromatic rings. The fourth-order valence-electron chi connectivity index (χ4n) is 4.90. The van der Waals surface area contributed by atoms with Crippen LogP contribution < -0.4 is 14.9 Å². The van der Waals surface area contributed by atoms with Gasteiger partial charge in [0.2, 0.25) is 0 Å². The molecule has 1 aliphatic rings. The van der Waals surface area contributed by atoms with Crippen LogP contribution in [0.15, 0.2) is 60.8 Å². The van der Waals surface area contributed by atoms with Gasteiger partial charge in [-0.25, -0.2) is 4.39 Å². The van der Waals surface area contributed by atoms with Crippen LogP contribution in [0.4, 0.5) is 10.1 Å². The number of nitrogens with zero attached hydrogens (tertiary/aromatic N) is 4. The molecule has 0 bridgehead atoms. The lowest BCUT2D eigenvalue weighted by atomic mass is 10.1. The van der Waals surface area contributed by atoms with E-state index in [1.165, 1.54) is 16.6 Å². The highest BCUT2D eigenvalue weighted by Gasteiger charge is 2.33. The van der Waals surface area contributed by atoms with Crippen molar-refractivity contribution in [2.24, 2.45) is 5.92 Å². The first-order valence-electron chi connectivity index (χ1n) is 14.9. The molecule has 1 saturated heterocycles. The zero-order chi connectivity index (χ0) is 33.4. The Balaban J connectivity index is 1.32. The fraction of sp³-hybridized carbons (Fsp3) is 0.364. The molecule has 1 amide bonds. The Hall–Kier alpha value is -4.35. The number of piperazine rings is 1. The van der Waals surface area contributed by atoms with Crippen LogP contribution in [0.2, 0.25) is 0 Å². The van der Waals surface area contributed by atoms with Crippen molar-refractivity contribution < 1.29 is 27.5 Å². The number of carbonyl (C=O) groups excluding carboxylic acids is 1. The number of amides is 1. The highest BCUT2D eigenvalue weighted by atomic mass is 32.2. The second kappa shape index (κ2) is 15.3. The van der Waals surface area contributed by atoms with E-state index in [0.717, 1.165) is 16.8 Å². The summed E-state index contributed by atoms with van der Waals surface area (Å²) in [5.74, 6) is 3.91. The van der Waals surface area contributed by atoms with Gasteiger partial charge in [-0.15, -0.1) is 0 Å². The first-order valence-corrected chi connectivity index (χ1v) is 16.3. The second-order valence-electron chi connectivity index (χ2n) is 11.6. The molecule has 0 unspecified atom stereocenters. The summed E-state index contributed by atoms with van der Waals surface area (Å²) in [7, 11) is -0.212. The number of carbonyl (C=O) groups is 2. The van der Waals surface area contributed by atoms with Crippen LogP contribution in [0, 0.1) is 23.6 Å². The maximum absolute atomic E-state index is 14.1. The van der Waals surface area contributed by atoms with Crippen LogP contribution in [0.25, 0.3) is 0 Å². The molecule has 244 valence electrons. The molecule has 2 aromatic carbocycles. The minimum Gasteiger partial charge on any atom is -0.480 e. The van der Waals surface area contributed by atoms with Crippen LogP contribution in [-0.2, 0) is 28.1 Å². The molecule has 0 aliphatic carbocycles. The average molecular weight is 651 g/mol. The Bertz CT molecular complexity index is 1710. The van der Waals surface area contributed by atoms with Crippen LogP contribution in [0.5, 0.6) is 0 Å². The van der Waals surface area contributed by atoms with Crippen molar-refractivity contribution in [3.05, 3.63) is 94.6 Å². The number of carboxylic acid groups (broad SMARTS) is 1. The maximum Gasteiger partial charge on any atom is 0.322 e. The Labute approximate surface area is 269 Å². The summed E-state index contributed by atoms with van der Waals surface area (Å²) < 4.78 is 43.2. The molecule has 0 radical (unpaired) electrons. The molecule has 1 atom stereocenters. The number of nitrogens with one attached hydrogen (secondary N) is 2. The number of benzene rings is 2. The van der Waals surface area contributed by atoms with E-state index in [4.69, 9.17) is 0 Å². The Kier molecular flexibility index (Phi) is 11.5. The van der Waals surface area contributed by atoms with Crippen molar-refractivity contribution in [3.63, 3.8) is 0 Å². The van der Waals surface area contributed by atoms with Gasteiger partial charge in [-0.1, -0.05) is 31.8 Å². The molecule has 0 spiro atoms. The van der Waals surface area contributed by atoms with Gasteiger partial charge in [-0.3, -0.25) is 14.6 Å². The predicted molar refractivity (Wildman–Crippen MR) is 174 cm³/mol. The standard InChI is InChI=1S/C33H39FN6O5S/c1-23(2)31(33(42)43)37-46(44,45)40-17-15-39(16-18-40)28-10-7-24(8-11-28)5-6-25-13-14-35-30(20-25)32(41)36-21-26-9-12-29(34)27(19-26)22-38(3)4/h7-14,19-20,23,31,37H,15-18,21-22H2,1-4H3,(H,36,41)(H,42,43)/t31-/m1/s1. The number of carboxylic acids is 1. The van der Waals surface area contributed by atoms with E-state index in [1.807, 2.05) is 43.3 Å².